The van der Waals surface area contributed by atoms with Gasteiger partial charge in [-0.1, -0.05) is 12.1 Å². The van der Waals surface area contributed by atoms with Gasteiger partial charge >= 0.3 is 0 Å². The van der Waals surface area contributed by atoms with Crippen molar-refractivity contribution in [2.24, 2.45) is 0 Å². The van der Waals surface area contributed by atoms with Crippen molar-refractivity contribution in [1.29, 1.82) is 0 Å². The van der Waals surface area contributed by atoms with Crippen LogP contribution in [-0.4, -0.2) is 27.8 Å². The van der Waals surface area contributed by atoms with Gasteiger partial charge in [-0.15, -0.1) is 0 Å². The molecule has 2 aromatic carbocycles. The van der Waals surface area contributed by atoms with Crippen molar-refractivity contribution in [3.05, 3.63) is 58.7 Å². The van der Waals surface area contributed by atoms with Crippen LogP contribution in [0.15, 0.2) is 36.4 Å². The summed E-state index contributed by atoms with van der Waals surface area (Å²) in [4.78, 5) is 0. The van der Waals surface area contributed by atoms with Gasteiger partial charge in [-0.05, 0) is 85.8 Å². The summed E-state index contributed by atoms with van der Waals surface area (Å²) in [6.07, 6.45) is 4.42. The minimum Gasteiger partial charge on any atom is -0.497 e. The molecule has 128 valence electrons. The lowest BCUT2D eigenvalue weighted by Gasteiger charge is -2.21. The second-order valence-electron chi connectivity index (χ2n) is 6.43. The smallest absolute Gasteiger partial charge is 0.119 e. The fourth-order valence-corrected chi connectivity index (χ4v) is 3.76. The summed E-state index contributed by atoms with van der Waals surface area (Å²) < 4.78 is 10.9. The molecule has 0 fully saturated rings. The van der Waals surface area contributed by atoms with Gasteiger partial charge in [0, 0.05) is 5.92 Å². The topological polar surface area (TPSA) is 30.5 Å². The van der Waals surface area contributed by atoms with E-state index in [1.807, 2.05) is 7.05 Å². The van der Waals surface area contributed by atoms with Crippen molar-refractivity contribution in [3.63, 3.8) is 0 Å². The molecule has 3 heteroatoms. The molecule has 0 amide bonds. The third-order valence-corrected chi connectivity index (χ3v) is 5.03. The van der Waals surface area contributed by atoms with Crippen LogP contribution in [0.25, 0.3) is 0 Å². The van der Waals surface area contributed by atoms with E-state index in [9.17, 15) is 0 Å². The maximum Gasteiger partial charge on any atom is 0.119 e. The van der Waals surface area contributed by atoms with Crippen LogP contribution in [0.4, 0.5) is 0 Å². The van der Waals surface area contributed by atoms with Crippen LogP contribution in [0.3, 0.4) is 0 Å². The first-order valence-corrected chi connectivity index (χ1v) is 8.75. The normalized spacial score (nSPS) is 13.8. The molecule has 0 radical (unpaired) electrons. The monoisotopic (exact) mass is 325 g/mol. The highest BCUT2D eigenvalue weighted by Crippen LogP contribution is 2.39. The quantitative estimate of drug-likeness (QED) is 0.816. The highest BCUT2D eigenvalue weighted by atomic mass is 16.5. The third kappa shape index (κ3) is 3.41. The second kappa shape index (κ2) is 7.71. The van der Waals surface area contributed by atoms with Crippen LogP contribution in [0.2, 0.25) is 0 Å². The summed E-state index contributed by atoms with van der Waals surface area (Å²) in [5, 5.41) is 3.27. The molecule has 0 aliphatic heterocycles. The molecule has 1 aliphatic carbocycles. The Morgan fingerprint density at radius 1 is 0.917 bits per heavy atom. The lowest BCUT2D eigenvalue weighted by Crippen LogP contribution is -2.11. The Hall–Kier alpha value is -2.00. The van der Waals surface area contributed by atoms with E-state index in [2.05, 4.69) is 41.7 Å². The van der Waals surface area contributed by atoms with E-state index in [1.165, 1.54) is 22.3 Å². The van der Waals surface area contributed by atoms with Crippen LogP contribution in [0.1, 0.15) is 41.0 Å². The molecule has 0 heterocycles. The molecule has 24 heavy (non-hydrogen) atoms. The number of methoxy groups -OCH3 is 2. The van der Waals surface area contributed by atoms with Crippen LogP contribution in [-0.2, 0) is 12.8 Å². The summed E-state index contributed by atoms with van der Waals surface area (Å²) in [7, 11) is 5.50. The predicted molar refractivity (Wildman–Crippen MR) is 98.4 cm³/mol. The molecule has 0 spiro atoms. The molecule has 0 atom stereocenters. The van der Waals surface area contributed by atoms with E-state index < -0.39 is 0 Å². The number of fused-ring (bicyclic) bond motifs is 2. The summed E-state index contributed by atoms with van der Waals surface area (Å²) in [5.74, 6) is 2.35. The highest BCUT2D eigenvalue weighted by Gasteiger charge is 2.24. The van der Waals surface area contributed by atoms with Crippen LogP contribution in [0, 0.1) is 0 Å². The minimum absolute atomic E-state index is 0.447. The Morgan fingerprint density at radius 2 is 1.46 bits per heavy atom. The van der Waals surface area contributed by atoms with E-state index in [1.54, 1.807) is 14.2 Å². The maximum atomic E-state index is 5.44. The SMILES string of the molecule is CNCCCC1c2ccc(OC)cc2CCc2cc(OC)ccc21. The number of rotatable bonds is 6. The molecule has 0 unspecified atom stereocenters. The summed E-state index contributed by atoms with van der Waals surface area (Å²) in [5.41, 5.74) is 5.74. The average molecular weight is 325 g/mol. The van der Waals surface area contributed by atoms with Crippen LogP contribution in [0.5, 0.6) is 11.5 Å². The van der Waals surface area contributed by atoms with E-state index in [0.29, 0.717) is 5.92 Å². The summed E-state index contributed by atoms with van der Waals surface area (Å²) in [6, 6.07) is 13.1. The Kier molecular flexibility index (Phi) is 5.41. The maximum absolute atomic E-state index is 5.44. The first kappa shape index (κ1) is 16.8. The van der Waals surface area contributed by atoms with E-state index in [-0.39, 0.29) is 0 Å². The number of hydrogen-bond donors (Lipinski definition) is 1. The fourth-order valence-electron chi connectivity index (χ4n) is 3.76. The molecule has 0 aromatic heterocycles. The average Bonchev–Trinajstić information content (AvgIpc) is 2.78. The Morgan fingerprint density at radius 3 is 1.92 bits per heavy atom. The molecule has 0 saturated heterocycles. The third-order valence-electron chi connectivity index (χ3n) is 5.03. The van der Waals surface area contributed by atoms with E-state index >= 15 is 0 Å². The van der Waals surface area contributed by atoms with Crippen molar-refractivity contribution in [1.82, 2.24) is 5.32 Å². The van der Waals surface area contributed by atoms with Crippen molar-refractivity contribution >= 4 is 0 Å². The zero-order chi connectivity index (χ0) is 16.9. The lowest BCUT2D eigenvalue weighted by molar-refractivity contribution is 0.414. The number of hydrogen-bond acceptors (Lipinski definition) is 3. The van der Waals surface area contributed by atoms with Gasteiger partial charge in [0.15, 0.2) is 0 Å². The van der Waals surface area contributed by atoms with Gasteiger partial charge in [-0.2, -0.15) is 0 Å². The van der Waals surface area contributed by atoms with Gasteiger partial charge in [0.25, 0.3) is 0 Å². The Bertz CT molecular complexity index is 641. The van der Waals surface area contributed by atoms with Gasteiger partial charge in [0.2, 0.25) is 0 Å². The van der Waals surface area contributed by atoms with Gasteiger partial charge in [-0.3, -0.25) is 0 Å². The van der Waals surface area contributed by atoms with Gasteiger partial charge in [-0.25, -0.2) is 0 Å². The highest BCUT2D eigenvalue weighted by molar-refractivity contribution is 5.49. The Labute approximate surface area is 145 Å². The van der Waals surface area contributed by atoms with Gasteiger partial charge in [0.05, 0.1) is 14.2 Å². The van der Waals surface area contributed by atoms with Crippen LogP contribution >= 0.6 is 0 Å². The molecule has 0 saturated carbocycles. The largest absolute Gasteiger partial charge is 0.497 e. The second-order valence-corrected chi connectivity index (χ2v) is 6.43. The number of nitrogens with one attached hydrogen (secondary N) is 1. The standard InChI is InChI=1S/C21H27NO2/c1-22-12-4-5-21-19-10-8-17(23-2)13-15(19)6-7-16-14-18(24-3)9-11-20(16)21/h8-11,13-14,21-22H,4-7,12H2,1-3H3. The fraction of sp³-hybridized carbons (Fsp3) is 0.429. The first-order chi connectivity index (χ1) is 11.8. The number of ether oxygens (including phenoxy) is 2. The van der Waals surface area contributed by atoms with Gasteiger partial charge in [0.1, 0.15) is 11.5 Å². The summed E-state index contributed by atoms with van der Waals surface area (Å²) in [6.45, 7) is 1.05. The molecule has 3 nitrogen and oxygen atoms in total. The molecule has 3 rings (SSSR count). The number of aryl methyl sites for hydroxylation is 2. The van der Waals surface area contributed by atoms with Crippen molar-refractivity contribution in [2.45, 2.75) is 31.6 Å². The molecule has 0 bridgehead atoms. The molecule has 2 aromatic rings. The van der Waals surface area contributed by atoms with E-state index in [0.717, 1.165) is 43.7 Å². The van der Waals surface area contributed by atoms with Gasteiger partial charge < -0.3 is 14.8 Å². The molecule has 1 N–H and O–H groups in total. The zero-order valence-corrected chi connectivity index (χ0v) is 14.9. The first-order valence-electron chi connectivity index (χ1n) is 8.75. The number of benzene rings is 2. The Balaban J connectivity index is 2.02. The lowest BCUT2D eigenvalue weighted by atomic mass is 9.84. The molecule has 1 aliphatic rings. The minimum atomic E-state index is 0.447. The van der Waals surface area contributed by atoms with Crippen molar-refractivity contribution < 1.29 is 9.47 Å². The van der Waals surface area contributed by atoms with E-state index in [4.69, 9.17) is 9.47 Å². The van der Waals surface area contributed by atoms with Crippen LogP contribution < -0.4 is 14.8 Å². The zero-order valence-electron chi connectivity index (χ0n) is 14.9. The molecular formula is C21H27NO2. The predicted octanol–water partition coefficient (Wildman–Crippen LogP) is 3.93. The summed E-state index contributed by atoms with van der Waals surface area (Å²) >= 11 is 0. The van der Waals surface area contributed by atoms with Crippen molar-refractivity contribution in [2.75, 3.05) is 27.8 Å². The van der Waals surface area contributed by atoms with Crippen molar-refractivity contribution in [3.8, 4) is 11.5 Å². The molecular weight excluding hydrogens is 298 g/mol.